The summed E-state index contributed by atoms with van der Waals surface area (Å²) in [6.07, 6.45) is 39.6. The van der Waals surface area contributed by atoms with Gasteiger partial charge in [0.25, 0.3) is 10.1 Å². The van der Waals surface area contributed by atoms with Crippen molar-refractivity contribution < 1.29 is 32.4 Å². The first-order chi connectivity index (χ1) is 27.3. The van der Waals surface area contributed by atoms with Crippen molar-refractivity contribution in [2.75, 3.05) is 12.3 Å². The largest absolute Gasteiger partial charge is 0.462 e. The van der Waals surface area contributed by atoms with E-state index in [1.54, 1.807) is 0 Å². The van der Waals surface area contributed by atoms with Crippen molar-refractivity contribution in [3.63, 3.8) is 0 Å². The number of aliphatic hydroxyl groups is 1. The minimum absolute atomic E-state index is 0.0196. The molecule has 0 aromatic heterocycles. The summed E-state index contributed by atoms with van der Waals surface area (Å²) in [6, 6.07) is 0. The number of esters is 1. The van der Waals surface area contributed by atoms with Gasteiger partial charge in [-0.25, -0.2) is 0 Å². The van der Waals surface area contributed by atoms with Crippen molar-refractivity contribution in [1.29, 1.82) is 0 Å². The molecule has 0 aliphatic heterocycles. The zero-order valence-electron chi connectivity index (χ0n) is 36.1. The zero-order valence-corrected chi connectivity index (χ0v) is 36.9. The van der Waals surface area contributed by atoms with Gasteiger partial charge in [-0.15, -0.1) is 0 Å². The second-order valence-corrected chi connectivity index (χ2v) is 20.2. The average Bonchev–Trinajstić information content (AvgIpc) is 3.53. The molecule has 4 aliphatic rings. The van der Waals surface area contributed by atoms with Crippen LogP contribution in [0.4, 0.5) is 0 Å². The van der Waals surface area contributed by atoms with Gasteiger partial charge < -0.3 is 15.2 Å². The smallest absolute Gasteiger partial charge is 0.306 e. The summed E-state index contributed by atoms with van der Waals surface area (Å²) in [5.74, 6) is 1.98. The molecule has 8 nitrogen and oxygen atoms in total. The summed E-state index contributed by atoms with van der Waals surface area (Å²) in [6.45, 7) is 9.07. The molecule has 4 aliphatic carbocycles. The second kappa shape index (κ2) is 23.5. The van der Waals surface area contributed by atoms with E-state index in [0.717, 1.165) is 83.5 Å². The lowest BCUT2D eigenvalue weighted by atomic mass is 9.43. The maximum atomic E-state index is 12.9. The van der Waals surface area contributed by atoms with Gasteiger partial charge in [-0.1, -0.05) is 102 Å². The van der Waals surface area contributed by atoms with E-state index in [-0.39, 0.29) is 47.4 Å². The lowest BCUT2D eigenvalue weighted by molar-refractivity contribution is -0.181. The van der Waals surface area contributed by atoms with Gasteiger partial charge in [-0.3, -0.25) is 14.1 Å². The third-order valence-corrected chi connectivity index (χ3v) is 15.7. The van der Waals surface area contributed by atoms with Crippen molar-refractivity contribution in [3.8, 4) is 0 Å². The number of carbonyl (C=O) groups is 2. The summed E-state index contributed by atoms with van der Waals surface area (Å²) < 4.78 is 37.0. The lowest BCUT2D eigenvalue weighted by Crippen LogP contribution is -2.59. The third kappa shape index (κ3) is 14.2. The fraction of sp³-hybridized carbons (Fsp3) is 0.792. The highest BCUT2D eigenvalue weighted by Crippen LogP contribution is 2.68. The molecular weight excluding hydrogens is 735 g/mol. The van der Waals surface area contributed by atoms with Gasteiger partial charge in [0.1, 0.15) is 6.10 Å². The van der Waals surface area contributed by atoms with Crippen molar-refractivity contribution >= 4 is 22.0 Å². The Morgan fingerprint density at radius 2 is 1.46 bits per heavy atom. The maximum Gasteiger partial charge on any atom is 0.306 e. The Balaban J connectivity index is 1.09. The van der Waals surface area contributed by atoms with Crippen LogP contribution in [0, 0.1) is 46.3 Å². The predicted octanol–water partition coefficient (Wildman–Crippen LogP) is 10.9. The summed E-state index contributed by atoms with van der Waals surface area (Å²) in [4.78, 5) is 25.3. The Morgan fingerprint density at radius 1 is 0.807 bits per heavy atom. The van der Waals surface area contributed by atoms with E-state index in [1.807, 2.05) is 0 Å². The SMILES string of the molecule is CC/C=C\C/C=C\C/C=C\C/C=C\CCCCCCCCC(=O)OC1CCC2(C)C(CCC3C2CC(O)C2(C)C(C(C)CCC(=O)NCCS(=O)(=O)O)CCC32)C1. The molecule has 0 aromatic rings. The first kappa shape index (κ1) is 47.4. The zero-order chi connectivity index (χ0) is 41.3. The van der Waals surface area contributed by atoms with E-state index in [1.165, 1.54) is 38.5 Å². The molecule has 0 spiro atoms. The van der Waals surface area contributed by atoms with Crippen LogP contribution in [0.2, 0.25) is 0 Å². The van der Waals surface area contributed by atoms with Crippen LogP contribution in [0.15, 0.2) is 48.6 Å². The van der Waals surface area contributed by atoms with Gasteiger partial charge >= 0.3 is 5.97 Å². The highest BCUT2D eigenvalue weighted by atomic mass is 32.2. The Labute approximate surface area is 347 Å². The molecule has 9 heteroatoms. The van der Waals surface area contributed by atoms with Crippen LogP contribution in [0.5, 0.6) is 0 Å². The molecule has 10 unspecified atom stereocenters. The molecule has 57 heavy (non-hydrogen) atoms. The summed E-state index contributed by atoms with van der Waals surface area (Å²) in [5, 5.41) is 14.6. The van der Waals surface area contributed by atoms with Gasteiger partial charge in [0, 0.05) is 19.4 Å². The van der Waals surface area contributed by atoms with Gasteiger partial charge in [0.05, 0.1) is 11.9 Å². The normalized spacial score (nSPS) is 32.1. The molecule has 324 valence electrons. The molecule has 0 radical (unpaired) electrons. The number of rotatable bonds is 24. The quantitative estimate of drug-likeness (QED) is 0.0383. The highest BCUT2D eigenvalue weighted by Gasteiger charge is 2.63. The average molecular weight is 814 g/mol. The minimum Gasteiger partial charge on any atom is -0.462 e. The monoisotopic (exact) mass is 814 g/mol. The van der Waals surface area contributed by atoms with E-state index < -0.39 is 15.9 Å². The van der Waals surface area contributed by atoms with E-state index in [2.05, 4.69) is 81.6 Å². The van der Waals surface area contributed by atoms with Crippen molar-refractivity contribution in [2.45, 2.75) is 181 Å². The number of ether oxygens (including phenoxy) is 1. The summed E-state index contributed by atoms with van der Waals surface area (Å²) in [5.41, 5.74) is -0.00956. The van der Waals surface area contributed by atoms with Crippen molar-refractivity contribution in [1.82, 2.24) is 5.32 Å². The highest BCUT2D eigenvalue weighted by molar-refractivity contribution is 7.85. The van der Waals surface area contributed by atoms with Crippen molar-refractivity contribution in [2.24, 2.45) is 46.3 Å². The van der Waals surface area contributed by atoms with Gasteiger partial charge in [0.2, 0.25) is 5.91 Å². The molecule has 4 saturated carbocycles. The van der Waals surface area contributed by atoms with Crippen LogP contribution >= 0.6 is 0 Å². The first-order valence-electron chi connectivity index (χ1n) is 23.0. The number of amides is 1. The van der Waals surface area contributed by atoms with Gasteiger partial charge in [0.15, 0.2) is 0 Å². The second-order valence-electron chi connectivity index (χ2n) is 18.7. The Hall–Kier alpha value is -2.23. The number of hydrogen-bond acceptors (Lipinski definition) is 6. The van der Waals surface area contributed by atoms with Gasteiger partial charge in [-0.2, -0.15) is 8.42 Å². The van der Waals surface area contributed by atoms with Crippen LogP contribution in [0.25, 0.3) is 0 Å². The molecule has 0 bridgehead atoms. The van der Waals surface area contributed by atoms with Crippen LogP contribution in [-0.2, 0) is 24.4 Å². The number of fused-ring (bicyclic) bond motifs is 5. The molecule has 0 saturated heterocycles. The number of allylic oxidation sites excluding steroid dienone is 8. The molecular formula is C48H79NO7S. The topological polar surface area (TPSA) is 130 Å². The fourth-order valence-electron chi connectivity index (χ4n) is 11.8. The number of unbranched alkanes of at least 4 members (excludes halogenated alkanes) is 6. The van der Waals surface area contributed by atoms with Crippen molar-refractivity contribution in [3.05, 3.63) is 48.6 Å². The minimum atomic E-state index is -4.10. The van der Waals surface area contributed by atoms with Crippen LogP contribution in [0.3, 0.4) is 0 Å². The summed E-state index contributed by atoms with van der Waals surface area (Å²) >= 11 is 0. The molecule has 1 amide bonds. The van der Waals surface area contributed by atoms with E-state index in [4.69, 9.17) is 9.29 Å². The van der Waals surface area contributed by atoms with E-state index >= 15 is 0 Å². The Kier molecular flexibility index (Phi) is 19.6. The predicted molar refractivity (Wildman–Crippen MR) is 232 cm³/mol. The molecule has 4 fully saturated rings. The first-order valence-corrected chi connectivity index (χ1v) is 24.6. The summed E-state index contributed by atoms with van der Waals surface area (Å²) in [7, 11) is -4.10. The van der Waals surface area contributed by atoms with Crippen LogP contribution < -0.4 is 5.32 Å². The molecule has 4 rings (SSSR count). The standard InChI is InChI=1S/C48H79NO7S/c1-5-6-7-8-9-10-11-12-13-14-15-16-17-18-19-20-21-22-23-24-46(52)56-39-31-32-47(3)38(35-39)26-27-40-42-29-28-41(48(42,4)44(50)36-43(40)47)37(2)25-30-45(51)49-33-34-57(53,54)55/h6-7,9-10,12-13,15-16,37-44,50H,5,8,11,14,17-36H2,1-4H3,(H,49,51)(H,53,54,55)/b7-6-,10-9-,13-12-,16-15-. The van der Waals surface area contributed by atoms with E-state index in [9.17, 15) is 23.1 Å². The molecule has 0 heterocycles. The third-order valence-electron chi connectivity index (χ3n) is 15.0. The lowest BCUT2D eigenvalue weighted by Gasteiger charge is -2.62. The van der Waals surface area contributed by atoms with Crippen LogP contribution in [-0.4, -0.2) is 54.5 Å². The van der Waals surface area contributed by atoms with E-state index in [0.29, 0.717) is 48.9 Å². The molecule has 10 atom stereocenters. The Morgan fingerprint density at radius 3 is 2.14 bits per heavy atom. The maximum absolute atomic E-state index is 12.9. The number of aliphatic hydroxyl groups excluding tert-OH is 1. The molecule has 3 N–H and O–H groups in total. The molecule has 0 aromatic carbocycles. The Bertz CT molecular complexity index is 1470. The van der Waals surface area contributed by atoms with Crippen LogP contribution in [0.1, 0.15) is 169 Å². The number of nitrogens with one attached hydrogen (secondary N) is 1. The van der Waals surface area contributed by atoms with Gasteiger partial charge in [-0.05, 0) is 149 Å². The number of carbonyl (C=O) groups excluding carboxylic acids is 2. The number of hydrogen-bond donors (Lipinski definition) is 3. The fourth-order valence-corrected chi connectivity index (χ4v) is 12.2.